The third-order valence-electron chi connectivity index (χ3n) is 5.76. The van der Waals surface area contributed by atoms with Crippen LogP contribution in [-0.4, -0.2) is 36.1 Å². The Labute approximate surface area is 158 Å². The molecule has 0 bridgehead atoms. The second-order valence-electron chi connectivity index (χ2n) is 7.34. The third kappa shape index (κ3) is 3.64. The molecule has 0 amide bonds. The maximum absolute atomic E-state index is 13.1. The zero-order valence-corrected chi connectivity index (χ0v) is 15.3. The van der Waals surface area contributed by atoms with Crippen molar-refractivity contribution < 1.29 is 8.78 Å². The summed E-state index contributed by atoms with van der Waals surface area (Å²) in [4.78, 5) is 3.15. The molecule has 1 N–H and O–H groups in total. The van der Waals surface area contributed by atoms with Gasteiger partial charge in [-0.3, -0.25) is 0 Å². The summed E-state index contributed by atoms with van der Waals surface area (Å²) in [5.74, 6) is 1.60. The molecule has 5 heteroatoms. The van der Waals surface area contributed by atoms with Crippen LogP contribution in [0.3, 0.4) is 0 Å². The topological polar surface area (TPSA) is 15.3 Å². The minimum absolute atomic E-state index is 0.166. The molecule has 2 aliphatic rings. The number of fused-ring (bicyclic) bond motifs is 1. The van der Waals surface area contributed by atoms with Gasteiger partial charge in [0.05, 0.1) is 0 Å². The molecule has 2 aromatic carbocycles. The van der Waals surface area contributed by atoms with Gasteiger partial charge in [0.2, 0.25) is 0 Å². The minimum atomic E-state index is -0.250. The quantitative estimate of drug-likeness (QED) is 0.800. The highest BCUT2D eigenvalue weighted by Crippen LogP contribution is 2.51. The maximum Gasteiger partial charge on any atom is 0.123 e. The molecule has 3 unspecified atom stereocenters. The number of rotatable bonds is 5. The molecule has 1 heterocycles. The van der Waals surface area contributed by atoms with Gasteiger partial charge in [0.15, 0.2) is 0 Å². The molecule has 26 heavy (non-hydrogen) atoms. The molecule has 4 rings (SSSR count). The number of halogens is 2. The van der Waals surface area contributed by atoms with Crippen LogP contribution < -0.4 is 5.32 Å². The van der Waals surface area contributed by atoms with Gasteiger partial charge >= 0.3 is 0 Å². The van der Waals surface area contributed by atoms with Gasteiger partial charge in [-0.1, -0.05) is 24.4 Å². The van der Waals surface area contributed by atoms with Crippen LogP contribution in [0.1, 0.15) is 23.5 Å². The van der Waals surface area contributed by atoms with Gasteiger partial charge in [-0.25, -0.2) is 8.78 Å². The normalized spacial score (nSPS) is 24.8. The fraction of sp³-hybridized carbons (Fsp3) is 0.381. The van der Waals surface area contributed by atoms with Gasteiger partial charge in [-0.05, 0) is 66.1 Å². The Bertz CT molecular complexity index is 776. The Morgan fingerprint density at radius 1 is 1.00 bits per heavy atom. The lowest BCUT2D eigenvalue weighted by Crippen LogP contribution is -2.34. The Balaban J connectivity index is 1.24. The van der Waals surface area contributed by atoms with Crippen molar-refractivity contribution in [2.24, 2.45) is 11.8 Å². The van der Waals surface area contributed by atoms with E-state index in [1.165, 1.54) is 24.1 Å². The van der Waals surface area contributed by atoms with Crippen LogP contribution in [0.5, 0.6) is 0 Å². The van der Waals surface area contributed by atoms with Crippen LogP contribution in [0.15, 0.2) is 48.5 Å². The lowest BCUT2D eigenvalue weighted by Gasteiger charge is -2.40. The fourth-order valence-corrected chi connectivity index (χ4v) is 4.54. The summed E-state index contributed by atoms with van der Waals surface area (Å²) in [6.45, 7) is 3.96. The van der Waals surface area contributed by atoms with Crippen LogP contribution in [0.25, 0.3) is 0 Å². The van der Waals surface area contributed by atoms with E-state index in [0.29, 0.717) is 16.8 Å². The molecular formula is C21H22F2N2S. The van der Waals surface area contributed by atoms with E-state index in [1.807, 2.05) is 12.1 Å². The highest BCUT2D eigenvalue weighted by molar-refractivity contribution is 7.80. The summed E-state index contributed by atoms with van der Waals surface area (Å²) in [5, 5.41) is 3.27. The Kier molecular flexibility index (Phi) is 5.00. The summed E-state index contributed by atoms with van der Waals surface area (Å²) < 4.78 is 26.1. The van der Waals surface area contributed by atoms with E-state index < -0.39 is 0 Å². The zero-order chi connectivity index (χ0) is 18.1. The van der Waals surface area contributed by atoms with E-state index in [9.17, 15) is 8.78 Å². The number of thiocarbonyl (C=S) groups is 1. The molecule has 136 valence electrons. The van der Waals surface area contributed by atoms with Crippen LogP contribution in [0.4, 0.5) is 8.78 Å². The second-order valence-corrected chi connectivity index (χ2v) is 7.75. The van der Waals surface area contributed by atoms with E-state index in [4.69, 9.17) is 12.2 Å². The van der Waals surface area contributed by atoms with Crippen molar-refractivity contribution in [3.63, 3.8) is 0 Å². The van der Waals surface area contributed by atoms with Gasteiger partial charge in [0.1, 0.15) is 16.6 Å². The van der Waals surface area contributed by atoms with Gasteiger partial charge in [-0.15, -0.1) is 0 Å². The molecule has 1 saturated carbocycles. The summed E-state index contributed by atoms with van der Waals surface area (Å²) in [6.07, 6.45) is 1.20. The fourth-order valence-electron chi connectivity index (χ4n) is 4.31. The van der Waals surface area contributed by atoms with Crippen molar-refractivity contribution in [2.45, 2.75) is 12.3 Å². The highest BCUT2D eigenvalue weighted by atomic mass is 32.1. The van der Waals surface area contributed by atoms with Crippen molar-refractivity contribution in [1.29, 1.82) is 0 Å². The smallest absolute Gasteiger partial charge is 0.123 e. The number of nitrogens with one attached hydrogen (secondary N) is 1. The lowest BCUT2D eigenvalue weighted by molar-refractivity contribution is 0.191. The van der Waals surface area contributed by atoms with E-state index in [1.54, 1.807) is 24.3 Å². The molecular weight excluding hydrogens is 350 g/mol. The predicted molar refractivity (Wildman–Crippen MR) is 103 cm³/mol. The van der Waals surface area contributed by atoms with E-state index in [0.717, 1.165) is 37.7 Å². The molecule has 3 atom stereocenters. The van der Waals surface area contributed by atoms with E-state index in [2.05, 4.69) is 10.2 Å². The zero-order valence-electron chi connectivity index (χ0n) is 14.5. The summed E-state index contributed by atoms with van der Waals surface area (Å²) in [7, 11) is 0. The molecule has 1 aliphatic heterocycles. The van der Waals surface area contributed by atoms with Crippen LogP contribution in [0.2, 0.25) is 0 Å². The number of likely N-dealkylation sites (tertiary alicyclic amines) is 1. The summed E-state index contributed by atoms with van der Waals surface area (Å²) in [6, 6.07) is 13.3. The molecule has 1 aliphatic carbocycles. The van der Waals surface area contributed by atoms with Crippen LogP contribution in [0, 0.1) is 23.5 Å². The maximum atomic E-state index is 13.1. The third-order valence-corrected chi connectivity index (χ3v) is 6.14. The first-order chi connectivity index (χ1) is 12.6. The summed E-state index contributed by atoms with van der Waals surface area (Å²) >= 11 is 5.37. The average Bonchev–Trinajstić information content (AvgIpc) is 2.94. The first kappa shape index (κ1) is 17.6. The lowest BCUT2D eigenvalue weighted by atomic mass is 9.64. The monoisotopic (exact) mass is 372 g/mol. The van der Waals surface area contributed by atoms with Crippen molar-refractivity contribution in [2.75, 3.05) is 26.2 Å². The Hall–Kier alpha value is -1.85. The van der Waals surface area contributed by atoms with Crippen LogP contribution in [-0.2, 0) is 0 Å². The van der Waals surface area contributed by atoms with Crippen molar-refractivity contribution in [1.82, 2.24) is 10.2 Å². The molecule has 2 fully saturated rings. The van der Waals surface area contributed by atoms with Crippen molar-refractivity contribution in [3.05, 3.63) is 71.3 Å². The predicted octanol–water partition coefficient (Wildman–Crippen LogP) is 3.97. The molecule has 2 aromatic rings. The Morgan fingerprint density at radius 3 is 2.35 bits per heavy atom. The van der Waals surface area contributed by atoms with Crippen LogP contribution >= 0.6 is 12.2 Å². The molecule has 0 spiro atoms. The average molecular weight is 372 g/mol. The number of hydrogen-bond donors (Lipinski definition) is 1. The van der Waals surface area contributed by atoms with E-state index in [-0.39, 0.29) is 11.6 Å². The molecule has 2 nitrogen and oxygen atoms in total. The van der Waals surface area contributed by atoms with Gasteiger partial charge in [-0.2, -0.15) is 0 Å². The van der Waals surface area contributed by atoms with Crippen molar-refractivity contribution in [3.8, 4) is 0 Å². The minimum Gasteiger partial charge on any atom is -0.375 e. The van der Waals surface area contributed by atoms with Crippen molar-refractivity contribution >= 4 is 17.2 Å². The highest BCUT2D eigenvalue weighted by Gasteiger charge is 2.47. The Morgan fingerprint density at radius 2 is 1.65 bits per heavy atom. The molecule has 0 radical (unpaired) electrons. The molecule has 0 aromatic heterocycles. The second kappa shape index (κ2) is 7.41. The largest absolute Gasteiger partial charge is 0.375 e. The molecule has 1 saturated heterocycles. The standard InChI is InChI=1S/C21H22F2N2S/c22-17-5-1-14(2-6-17)19-11-16-12-25(13-20(16)19)10-9-24-21(26)15-3-7-18(23)8-4-15/h1-8,16,19-20H,9-13H2,(H,24,26). The number of nitrogens with zero attached hydrogens (tertiary/aromatic N) is 1. The van der Waals surface area contributed by atoms with E-state index >= 15 is 0 Å². The first-order valence-electron chi connectivity index (χ1n) is 9.12. The number of benzene rings is 2. The summed E-state index contributed by atoms with van der Waals surface area (Å²) in [5.41, 5.74) is 2.12. The van der Waals surface area contributed by atoms with Gasteiger partial charge in [0.25, 0.3) is 0 Å². The number of hydrogen-bond acceptors (Lipinski definition) is 2. The van der Waals surface area contributed by atoms with Gasteiger partial charge in [0, 0.05) is 31.7 Å². The SMILES string of the molecule is Fc1ccc(C(=S)NCCN2CC3CC(c4ccc(F)cc4)C3C2)cc1. The van der Waals surface area contributed by atoms with Gasteiger partial charge < -0.3 is 10.2 Å². The first-order valence-corrected chi connectivity index (χ1v) is 9.52.